The molecule has 1 fully saturated rings. The third-order valence-corrected chi connectivity index (χ3v) is 4.07. The summed E-state index contributed by atoms with van der Waals surface area (Å²) >= 11 is 0. The summed E-state index contributed by atoms with van der Waals surface area (Å²) in [7, 11) is 0. The molecule has 4 nitrogen and oxygen atoms in total. The van der Waals surface area contributed by atoms with Crippen LogP contribution in [0.4, 0.5) is 0 Å². The molecule has 1 aliphatic rings. The van der Waals surface area contributed by atoms with E-state index in [0.717, 1.165) is 17.9 Å². The summed E-state index contributed by atoms with van der Waals surface area (Å²) in [5, 5.41) is 12.8. The molecule has 1 saturated carbocycles. The summed E-state index contributed by atoms with van der Waals surface area (Å²) in [6.07, 6.45) is 7.11. The van der Waals surface area contributed by atoms with Crippen molar-refractivity contribution in [1.82, 2.24) is 15.3 Å². The Kier molecular flexibility index (Phi) is 4.66. The van der Waals surface area contributed by atoms with Crippen LogP contribution in [0.15, 0.2) is 12.4 Å². The molecule has 2 rings (SSSR count). The number of nitrogens with zero attached hydrogens (tertiary/aromatic N) is 2. The predicted molar refractivity (Wildman–Crippen MR) is 71.1 cm³/mol. The van der Waals surface area contributed by atoms with Gasteiger partial charge < -0.3 is 10.4 Å². The van der Waals surface area contributed by atoms with Crippen molar-refractivity contribution in [2.75, 3.05) is 13.2 Å². The molecule has 18 heavy (non-hydrogen) atoms. The van der Waals surface area contributed by atoms with Crippen molar-refractivity contribution in [3.8, 4) is 0 Å². The third kappa shape index (κ3) is 3.06. The predicted octanol–water partition coefficient (Wildman–Crippen LogP) is 1.84. The van der Waals surface area contributed by atoms with Crippen LogP contribution >= 0.6 is 0 Å². The normalized spacial score (nSPS) is 25.3. The summed E-state index contributed by atoms with van der Waals surface area (Å²) in [5.74, 6) is 1.09. The second kappa shape index (κ2) is 6.25. The zero-order valence-corrected chi connectivity index (χ0v) is 11.3. The second-order valence-electron chi connectivity index (χ2n) is 5.29. The van der Waals surface area contributed by atoms with Crippen LogP contribution in [0.2, 0.25) is 0 Å². The van der Waals surface area contributed by atoms with Gasteiger partial charge in [-0.25, -0.2) is 0 Å². The fourth-order valence-electron chi connectivity index (χ4n) is 2.89. The molecule has 3 unspecified atom stereocenters. The van der Waals surface area contributed by atoms with Crippen LogP contribution in [0.5, 0.6) is 0 Å². The molecule has 0 radical (unpaired) electrons. The molecule has 0 bridgehead atoms. The fraction of sp³-hybridized carbons (Fsp3) is 0.714. The van der Waals surface area contributed by atoms with Crippen LogP contribution in [0.25, 0.3) is 0 Å². The van der Waals surface area contributed by atoms with Crippen molar-refractivity contribution in [3.63, 3.8) is 0 Å². The van der Waals surface area contributed by atoms with E-state index >= 15 is 0 Å². The lowest BCUT2D eigenvalue weighted by atomic mass is 9.96. The molecular weight excluding hydrogens is 226 g/mol. The van der Waals surface area contributed by atoms with Crippen LogP contribution in [-0.4, -0.2) is 28.2 Å². The molecule has 3 atom stereocenters. The SMILES string of the molecule is Cc1nccnc1C(C)NCC1CCCC1CO. The summed E-state index contributed by atoms with van der Waals surface area (Å²) in [6, 6.07) is 0.221. The Hall–Kier alpha value is -1.00. The minimum Gasteiger partial charge on any atom is -0.396 e. The van der Waals surface area contributed by atoms with Gasteiger partial charge in [-0.05, 0) is 45.1 Å². The van der Waals surface area contributed by atoms with E-state index < -0.39 is 0 Å². The molecule has 0 aromatic carbocycles. The first kappa shape index (κ1) is 13.4. The van der Waals surface area contributed by atoms with Crippen molar-refractivity contribution in [2.45, 2.75) is 39.2 Å². The summed E-state index contributed by atoms with van der Waals surface area (Å²) < 4.78 is 0. The van der Waals surface area contributed by atoms with Gasteiger partial charge in [0, 0.05) is 25.0 Å². The zero-order chi connectivity index (χ0) is 13.0. The van der Waals surface area contributed by atoms with Gasteiger partial charge in [-0.15, -0.1) is 0 Å². The number of hydrogen-bond acceptors (Lipinski definition) is 4. The molecule has 0 aliphatic heterocycles. The van der Waals surface area contributed by atoms with Crippen LogP contribution in [0, 0.1) is 18.8 Å². The van der Waals surface area contributed by atoms with Gasteiger partial charge in [-0.3, -0.25) is 9.97 Å². The van der Waals surface area contributed by atoms with Gasteiger partial charge in [-0.1, -0.05) is 6.42 Å². The van der Waals surface area contributed by atoms with Crippen LogP contribution in [0.1, 0.15) is 43.6 Å². The maximum Gasteiger partial charge on any atom is 0.0782 e. The van der Waals surface area contributed by atoms with Crippen molar-refractivity contribution in [2.24, 2.45) is 11.8 Å². The van der Waals surface area contributed by atoms with E-state index in [1.54, 1.807) is 12.4 Å². The van der Waals surface area contributed by atoms with Crippen molar-refractivity contribution in [3.05, 3.63) is 23.8 Å². The highest BCUT2D eigenvalue weighted by atomic mass is 16.3. The first-order chi connectivity index (χ1) is 8.72. The molecule has 4 heteroatoms. The fourth-order valence-corrected chi connectivity index (χ4v) is 2.89. The summed E-state index contributed by atoms with van der Waals surface area (Å²) in [5.41, 5.74) is 2.01. The van der Waals surface area contributed by atoms with Crippen molar-refractivity contribution in [1.29, 1.82) is 0 Å². The van der Waals surface area contributed by atoms with E-state index in [-0.39, 0.29) is 6.04 Å². The molecule has 100 valence electrons. The lowest BCUT2D eigenvalue weighted by Crippen LogP contribution is -2.29. The highest BCUT2D eigenvalue weighted by molar-refractivity contribution is 5.12. The summed E-state index contributed by atoms with van der Waals surface area (Å²) in [4.78, 5) is 8.66. The number of hydrogen-bond donors (Lipinski definition) is 2. The standard InChI is InChI=1S/C14H23N3O/c1-10-14(16-7-6-15-10)11(2)17-8-12-4-3-5-13(12)9-18/h6-7,11-13,17-18H,3-5,8-9H2,1-2H3. The monoisotopic (exact) mass is 249 g/mol. The molecular formula is C14H23N3O. The van der Waals surface area contributed by atoms with E-state index in [4.69, 9.17) is 0 Å². The Bertz CT molecular complexity index is 383. The number of aryl methyl sites for hydroxylation is 1. The molecule has 0 spiro atoms. The van der Waals surface area contributed by atoms with E-state index in [0.29, 0.717) is 18.4 Å². The minimum absolute atomic E-state index is 0.221. The van der Waals surface area contributed by atoms with Gasteiger partial charge in [0.15, 0.2) is 0 Å². The van der Waals surface area contributed by atoms with Crippen LogP contribution in [-0.2, 0) is 0 Å². The maximum atomic E-state index is 9.31. The van der Waals surface area contributed by atoms with Gasteiger partial charge in [-0.2, -0.15) is 0 Å². The molecule has 0 amide bonds. The van der Waals surface area contributed by atoms with Crippen molar-refractivity contribution >= 4 is 0 Å². The Labute approximate surface area is 109 Å². The Morgan fingerprint density at radius 1 is 1.33 bits per heavy atom. The zero-order valence-electron chi connectivity index (χ0n) is 11.3. The van der Waals surface area contributed by atoms with Gasteiger partial charge in [0.25, 0.3) is 0 Å². The molecule has 1 heterocycles. The lowest BCUT2D eigenvalue weighted by molar-refractivity contribution is 0.190. The molecule has 1 aromatic heterocycles. The Balaban J connectivity index is 1.88. The first-order valence-corrected chi connectivity index (χ1v) is 6.84. The maximum absolute atomic E-state index is 9.31. The lowest BCUT2D eigenvalue weighted by Gasteiger charge is -2.21. The number of aliphatic hydroxyl groups excluding tert-OH is 1. The molecule has 0 saturated heterocycles. The van der Waals surface area contributed by atoms with Gasteiger partial charge in [0.05, 0.1) is 11.4 Å². The van der Waals surface area contributed by atoms with Crippen molar-refractivity contribution < 1.29 is 5.11 Å². The average molecular weight is 249 g/mol. The topological polar surface area (TPSA) is 58.0 Å². The highest BCUT2D eigenvalue weighted by Crippen LogP contribution is 2.31. The first-order valence-electron chi connectivity index (χ1n) is 6.84. The smallest absolute Gasteiger partial charge is 0.0782 e. The van der Waals surface area contributed by atoms with Gasteiger partial charge in [0.2, 0.25) is 0 Å². The largest absolute Gasteiger partial charge is 0.396 e. The Morgan fingerprint density at radius 3 is 2.78 bits per heavy atom. The van der Waals surface area contributed by atoms with Crippen LogP contribution < -0.4 is 5.32 Å². The minimum atomic E-state index is 0.221. The number of aliphatic hydroxyl groups is 1. The quantitative estimate of drug-likeness (QED) is 0.836. The van der Waals surface area contributed by atoms with E-state index in [1.165, 1.54) is 19.3 Å². The van der Waals surface area contributed by atoms with Gasteiger partial charge in [0.1, 0.15) is 0 Å². The highest BCUT2D eigenvalue weighted by Gasteiger charge is 2.26. The number of nitrogens with one attached hydrogen (secondary N) is 1. The molecule has 1 aliphatic carbocycles. The van der Waals surface area contributed by atoms with E-state index in [2.05, 4.69) is 22.2 Å². The van der Waals surface area contributed by atoms with E-state index in [9.17, 15) is 5.11 Å². The number of rotatable bonds is 5. The van der Waals surface area contributed by atoms with Gasteiger partial charge >= 0.3 is 0 Å². The second-order valence-corrected chi connectivity index (χ2v) is 5.29. The third-order valence-electron chi connectivity index (χ3n) is 4.07. The molecule has 2 N–H and O–H groups in total. The Morgan fingerprint density at radius 2 is 2.06 bits per heavy atom. The van der Waals surface area contributed by atoms with E-state index in [1.807, 2.05) is 6.92 Å². The summed E-state index contributed by atoms with van der Waals surface area (Å²) in [6.45, 7) is 5.40. The van der Waals surface area contributed by atoms with Crippen LogP contribution in [0.3, 0.4) is 0 Å². The average Bonchev–Trinajstić information content (AvgIpc) is 2.84. The molecule has 1 aromatic rings. The number of aromatic nitrogens is 2.